The number of ketones is 1. The van der Waals surface area contributed by atoms with Crippen LogP contribution in [0.1, 0.15) is 23.6 Å². The Labute approximate surface area is 185 Å². The van der Waals surface area contributed by atoms with Gasteiger partial charge in [-0.05, 0) is 63.0 Å². The Morgan fingerprint density at radius 1 is 1.23 bits per heavy atom. The lowest BCUT2D eigenvalue weighted by Gasteiger charge is -2.26. The molecule has 0 unspecified atom stereocenters. The van der Waals surface area contributed by atoms with Crippen molar-refractivity contribution < 1.29 is 23.8 Å². The number of rotatable bonds is 7. The van der Waals surface area contributed by atoms with Gasteiger partial charge in [-0.1, -0.05) is 23.7 Å². The van der Waals surface area contributed by atoms with Gasteiger partial charge in [-0.2, -0.15) is 0 Å². The first-order valence-electron chi connectivity index (χ1n) is 9.77. The van der Waals surface area contributed by atoms with Crippen molar-refractivity contribution in [2.45, 2.75) is 12.5 Å². The van der Waals surface area contributed by atoms with Gasteiger partial charge in [0.25, 0.3) is 11.7 Å². The van der Waals surface area contributed by atoms with Crippen molar-refractivity contribution in [3.63, 3.8) is 0 Å². The summed E-state index contributed by atoms with van der Waals surface area (Å²) >= 11 is 6.17. The summed E-state index contributed by atoms with van der Waals surface area (Å²) in [5.41, 5.74) is 0.574. The molecule has 2 aromatic rings. The van der Waals surface area contributed by atoms with Crippen LogP contribution in [0.15, 0.2) is 48.0 Å². The van der Waals surface area contributed by atoms with Crippen molar-refractivity contribution >= 4 is 29.1 Å². The Morgan fingerprint density at radius 3 is 2.58 bits per heavy atom. The Morgan fingerprint density at radius 2 is 1.97 bits per heavy atom. The standard InChI is InChI=1S/C23H24ClFN2O4/c1-26(2)10-5-11-27-20(14-6-4-7-16(25)12-14)19(22(29)23(27)30)21(28)15-8-9-18(31-3)17(24)13-15/h4,6-9,12-13,20,28H,5,10-11H2,1-3H3/b21-19+/t20-/m0/s1. The number of amides is 1. The van der Waals surface area contributed by atoms with Crippen LogP contribution in [-0.2, 0) is 9.59 Å². The second-order valence-corrected chi connectivity index (χ2v) is 7.96. The molecule has 0 radical (unpaired) electrons. The minimum absolute atomic E-state index is 0.0957. The Hall–Kier alpha value is -2.90. The molecule has 1 amide bonds. The number of benzene rings is 2. The van der Waals surface area contributed by atoms with E-state index >= 15 is 0 Å². The SMILES string of the molecule is COc1ccc(/C(O)=C2\C(=O)C(=O)N(CCCN(C)C)[C@H]2c2cccc(F)c2)cc1Cl. The van der Waals surface area contributed by atoms with E-state index in [0.717, 1.165) is 0 Å². The Kier molecular flexibility index (Phi) is 6.97. The molecule has 3 rings (SSSR count). The van der Waals surface area contributed by atoms with Gasteiger partial charge in [-0.3, -0.25) is 9.59 Å². The summed E-state index contributed by atoms with van der Waals surface area (Å²) < 4.78 is 19.1. The summed E-state index contributed by atoms with van der Waals surface area (Å²) in [6.07, 6.45) is 0.611. The molecule has 1 heterocycles. The van der Waals surface area contributed by atoms with Crippen LogP contribution in [0.25, 0.3) is 5.76 Å². The predicted octanol–water partition coefficient (Wildman–Crippen LogP) is 3.86. The predicted molar refractivity (Wildman–Crippen MR) is 117 cm³/mol. The average Bonchev–Trinajstić information content (AvgIpc) is 2.98. The van der Waals surface area contributed by atoms with Crippen LogP contribution in [-0.4, -0.2) is 60.9 Å². The van der Waals surface area contributed by atoms with Crippen LogP contribution in [0.5, 0.6) is 5.75 Å². The molecular formula is C23H24ClFN2O4. The summed E-state index contributed by atoms with van der Waals surface area (Å²) in [7, 11) is 5.28. The Balaban J connectivity index is 2.11. The Bertz CT molecular complexity index is 1040. The number of methoxy groups -OCH3 is 1. The van der Waals surface area contributed by atoms with Crippen LogP contribution >= 0.6 is 11.6 Å². The van der Waals surface area contributed by atoms with Crippen molar-refractivity contribution in [2.24, 2.45) is 0 Å². The summed E-state index contributed by atoms with van der Waals surface area (Å²) in [6.45, 7) is 0.983. The van der Waals surface area contributed by atoms with Gasteiger partial charge in [0.2, 0.25) is 0 Å². The molecule has 1 N–H and O–H groups in total. The van der Waals surface area contributed by atoms with Crippen LogP contribution in [0.4, 0.5) is 4.39 Å². The molecule has 2 aromatic carbocycles. The molecule has 1 saturated heterocycles. The normalized spacial score (nSPS) is 18.1. The van der Waals surface area contributed by atoms with Crippen LogP contribution < -0.4 is 4.74 Å². The van der Waals surface area contributed by atoms with Gasteiger partial charge < -0.3 is 19.6 Å². The summed E-state index contributed by atoms with van der Waals surface area (Å²) in [6, 6.07) is 9.34. The molecule has 1 aliphatic heterocycles. The van der Waals surface area contributed by atoms with E-state index < -0.39 is 23.5 Å². The molecular weight excluding hydrogens is 423 g/mol. The molecule has 0 aromatic heterocycles. The van der Waals surface area contributed by atoms with E-state index in [1.165, 1.54) is 36.3 Å². The zero-order chi connectivity index (χ0) is 22.7. The minimum Gasteiger partial charge on any atom is -0.507 e. The monoisotopic (exact) mass is 446 g/mol. The number of hydrogen-bond donors (Lipinski definition) is 1. The van der Waals surface area contributed by atoms with Crippen molar-refractivity contribution in [3.8, 4) is 5.75 Å². The highest BCUT2D eigenvalue weighted by Gasteiger charge is 2.45. The number of carbonyl (C=O) groups is 2. The second-order valence-electron chi connectivity index (χ2n) is 7.55. The fraction of sp³-hybridized carbons (Fsp3) is 0.304. The van der Waals surface area contributed by atoms with Gasteiger partial charge in [-0.15, -0.1) is 0 Å². The van der Waals surface area contributed by atoms with Gasteiger partial charge in [0, 0.05) is 12.1 Å². The van der Waals surface area contributed by atoms with Crippen LogP contribution in [0, 0.1) is 5.82 Å². The summed E-state index contributed by atoms with van der Waals surface area (Å²) in [5.74, 6) is -2.00. The van der Waals surface area contributed by atoms with Gasteiger partial charge in [0.1, 0.15) is 17.3 Å². The van der Waals surface area contributed by atoms with E-state index in [4.69, 9.17) is 16.3 Å². The quantitative estimate of drug-likeness (QED) is 0.397. The van der Waals surface area contributed by atoms with Gasteiger partial charge >= 0.3 is 0 Å². The zero-order valence-corrected chi connectivity index (χ0v) is 18.3. The van der Waals surface area contributed by atoms with Crippen LogP contribution in [0.3, 0.4) is 0 Å². The highest BCUT2D eigenvalue weighted by molar-refractivity contribution is 6.46. The smallest absolute Gasteiger partial charge is 0.295 e. The minimum atomic E-state index is -0.904. The fourth-order valence-corrected chi connectivity index (χ4v) is 3.92. The number of carbonyl (C=O) groups excluding carboxylic acids is 2. The molecule has 6 nitrogen and oxygen atoms in total. The molecule has 1 fully saturated rings. The van der Waals surface area contributed by atoms with E-state index in [1.54, 1.807) is 18.2 Å². The maximum Gasteiger partial charge on any atom is 0.295 e. The second kappa shape index (κ2) is 9.49. The maximum absolute atomic E-state index is 14.0. The molecule has 1 atom stereocenters. The number of hydrogen-bond acceptors (Lipinski definition) is 5. The third-order valence-corrected chi connectivity index (χ3v) is 5.43. The van der Waals surface area contributed by atoms with Crippen molar-refractivity contribution in [1.29, 1.82) is 0 Å². The fourth-order valence-electron chi connectivity index (χ4n) is 3.66. The van der Waals surface area contributed by atoms with Crippen molar-refractivity contribution in [1.82, 2.24) is 9.80 Å². The maximum atomic E-state index is 14.0. The molecule has 0 aliphatic carbocycles. The third-order valence-electron chi connectivity index (χ3n) is 5.13. The number of aliphatic hydroxyl groups excluding tert-OH is 1. The molecule has 1 aliphatic rings. The molecule has 31 heavy (non-hydrogen) atoms. The number of Topliss-reactive ketones (excluding diaryl/α,β-unsaturated/α-hetero) is 1. The molecule has 8 heteroatoms. The first-order valence-corrected chi connectivity index (χ1v) is 10.1. The van der Waals surface area contributed by atoms with E-state index in [9.17, 15) is 19.1 Å². The van der Waals surface area contributed by atoms with Crippen molar-refractivity contribution in [3.05, 3.63) is 70.0 Å². The molecule has 0 spiro atoms. The highest BCUT2D eigenvalue weighted by Crippen LogP contribution is 2.40. The number of aliphatic hydroxyl groups is 1. The summed E-state index contributed by atoms with van der Waals surface area (Å²) in [5, 5.41) is 11.3. The first kappa shape index (κ1) is 22.8. The van der Waals surface area contributed by atoms with E-state index in [2.05, 4.69) is 0 Å². The van der Waals surface area contributed by atoms with E-state index in [-0.39, 0.29) is 28.5 Å². The lowest BCUT2D eigenvalue weighted by atomic mass is 9.95. The first-order chi connectivity index (χ1) is 14.7. The molecule has 0 saturated carbocycles. The molecule has 0 bridgehead atoms. The van der Waals surface area contributed by atoms with Crippen LogP contribution in [0.2, 0.25) is 5.02 Å². The van der Waals surface area contributed by atoms with Crippen molar-refractivity contribution in [2.75, 3.05) is 34.3 Å². The lowest BCUT2D eigenvalue weighted by molar-refractivity contribution is -0.139. The van der Waals surface area contributed by atoms with E-state index in [1.807, 2.05) is 19.0 Å². The third kappa shape index (κ3) is 4.73. The van der Waals surface area contributed by atoms with Gasteiger partial charge in [0.05, 0.1) is 23.7 Å². The molecule has 164 valence electrons. The average molecular weight is 447 g/mol. The summed E-state index contributed by atoms with van der Waals surface area (Å²) in [4.78, 5) is 29.1. The largest absolute Gasteiger partial charge is 0.507 e. The number of likely N-dealkylation sites (tertiary alicyclic amines) is 1. The van der Waals surface area contributed by atoms with E-state index in [0.29, 0.717) is 24.3 Å². The lowest BCUT2D eigenvalue weighted by Crippen LogP contribution is -2.32. The number of ether oxygens (including phenoxy) is 1. The van der Waals surface area contributed by atoms with Gasteiger partial charge in [-0.25, -0.2) is 4.39 Å². The number of nitrogens with zero attached hydrogens (tertiary/aromatic N) is 2. The zero-order valence-electron chi connectivity index (χ0n) is 17.6. The highest BCUT2D eigenvalue weighted by atomic mass is 35.5. The topological polar surface area (TPSA) is 70.1 Å². The number of halogens is 2. The van der Waals surface area contributed by atoms with Gasteiger partial charge in [0.15, 0.2) is 0 Å².